The van der Waals surface area contributed by atoms with Gasteiger partial charge in [0.15, 0.2) is 11.6 Å². The second-order valence-electron chi connectivity index (χ2n) is 10.8. The van der Waals surface area contributed by atoms with Gasteiger partial charge in [-0.1, -0.05) is 17.7 Å². The Hall–Kier alpha value is -3.93. The Balaban J connectivity index is 1.07. The van der Waals surface area contributed by atoms with Gasteiger partial charge in [-0.2, -0.15) is 4.98 Å². The summed E-state index contributed by atoms with van der Waals surface area (Å²) in [5, 5.41) is 9.87. The van der Waals surface area contributed by atoms with Crippen LogP contribution in [0.3, 0.4) is 0 Å². The molecule has 218 valence electrons. The third-order valence-electron chi connectivity index (χ3n) is 8.09. The van der Waals surface area contributed by atoms with Crippen molar-refractivity contribution in [3.8, 4) is 11.6 Å². The lowest BCUT2D eigenvalue weighted by Gasteiger charge is -2.44. The molecule has 2 aromatic carbocycles. The highest BCUT2D eigenvalue weighted by Crippen LogP contribution is 2.36. The van der Waals surface area contributed by atoms with Crippen LogP contribution in [0.15, 0.2) is 48.5 Å². The molecule has 0 spiro atoms. The zero-order valence-corrected chi connectivity index (χ0v) is 23.5. The van der Waals surface area contributed by atoms with Gasteiger partial charge in [-0.15, -0.1) is 0 Å². The van der Waals surface area contributed by atoms with Gasteiger partial charge in [0.25, 0.3) is 0 Å². The van der Waals surface area contributed by atoms with Gasteiger partial charge in [-0.25, -0.2) is 14.2 Å². The number of imidazole rings is 1. The number of carbonyl (C=O) groups is 1. The molecule has 2 atom stereocenters. The molecule has 2 fully saturated rings. The normalized spacial score (nSPS) is 20.0. The Morgan fingerprint density at radius 3 is 2.81 bits per heavy atom. The van der Waals surface area contributed by atoms with E-state index in [1.54, 1.807) is 36.4 Å². The number of nitrogens with zero attached hydrogens (tertiary/aromatic N) is 5. The van der Waals surface area contributed by atoms with Crippen LogP contribution in [0, 0.1) is 5.82 Å². The number of hydrogen-bond acceptors (Lipinski definition) is 8. The molecule has 42 heavy (non-hydrogen) atoms. The fourth-order valence-electron chi connectivity index (χ4n) is 5.74. The molecule has 3 aliphatic rings. The van der Waals surface area contributed by atoms with Crippen LogP contribution in [0.1, 0.15) is 28.2 Å². The molecule has 0 unspecified atom stereocenters. The highest BCUT2D eigenvalue weighted by atomic mass is 35.5. The smallest absolute Gasteiger partial charge is 0.335 e. The van der Waals surface area contributed by atoms with Crippen LogP contribution in [-0.4, -0.2) is 75.5 Å². The first-order valence-electron chi connectivity index (χ1n) is 13.9. The van der Waals surface area contributed by atoms with Gasteiger partial charge in [0, 0.05) is 42.9 Å². The molecular weight excluding hydrogens is 565 g/mol. The number of hydrogen-bond donors (Lipinski definition) is 1. The average Bonchev–Trinajstić information content (AvgIpc) is 3.29. The quantitative estimate of drug-likeness (QED) is 0.319. The van der Waals surface area contributed by atoms with Crippen LogP contribution in [-0.2, 0) is 24.4 Å². The fourth-order valence-corrected chi connectivity index (χ4v) is 5.90. The van der Waals surface area contributed by atoms with Crippen LogP contribution in [0.2, 0.25) is 5.02 Å². The summed E-state index contributed by atoms with van der Waals surface area (Å²) in [5.74, 6) is 1.31. The first-order valence-corrected chi connectivity index (χ1v) is 14.3. The van der Waals surface area contributed by atoms with Crippen molar-refractivity contribution in [3.05, 3.63) is 76.3 Å². The summed E-state index contributed by atoms with van der Waals surface area (Å²) < 4.78 is 33.9. The third kappa shape index (κ3) is 5.23. The molecule has 10 nitrogen and oxygen atoms in total. The minimum absolute atomic E-state index is 0.0354. The minimum Gasteiger partial charge on any atom is -0.488 e. The van der Waals surface area contributed by atoms with E-state index >= 15 is 0 Å². The van der Waals surface area contributed by atoms with E-state index in [4.69, 9.17) is 35.8 Å². The summed E-state index contributed by atoms with van der Waals surface area (Å²) in [6.45, 7) is 4.82. The molecule has 4 aromatic rings. The van der Waals surface area contributed by atoms with Gasteiger partial charge in [0.1, 0.15) is 24.9 Å². The zero-order chi connectivity index (χ0) is 28.8. The first kappa shape index (κ1) is 26.9. The summed E-state index contributed by atoms with van der Waals surface area (Å²) in [7, 11) is 0. The van der Waals surface area contributed by atoms with Crippen molar-refractivity contribution >= 4 is 34.4 Å². The lowest BCUT2D eigenvalue weighted by atomic mass is 10.1. The number of ether oxygens (including phenoxy) is 3. The van der Waals surface area contributed by atoms with E-state index in [1.807, 2.05) is 6.07 Å². The second kappa shape index (κ2) is 11.0. The van der Waals surface area contributed by atoms with Gasteiger partial charge in [-0.3, -0.25) is 4.90 Å². The van der Waals surface area contributed by atoms with E-state index in [9.17, 15) is 14.3 Å². The summed E-state index contributed by atoms with van der Waals surface area (Å²) >= 11 is 5.86. The molecule has 0 aliphatic carbocycles. The Morgan fingerprint density at radius 1 is 1.14 bits per heavy atom. The molecule has 0 radical (unpaired) electrons. The van der Waals surface area contributed by atoms with E-state index in [2.05, 4.69) is 14.4 Å². The molecule has 2 aromatic heterocycles. The van der Waals surface area contributed by atoms with Gasteiger partial charge in [0.2, 0.25) is 5.88 Å². The van der Waals surface area contributed by atoms with E-state index < -0.39 is 11.8 Å². The lowest BCUT2D eigenvalue weighted by molar-refractivity contribution is -0.0592. The SMILES string of the molecule is O=C(O)c1ccc2nc(CN3CCN4c5nc(OCc6ccc(Cl)cc6F)ccc5OC[C@H]4C3)n(C[C@@H]3CCO3)c2c1. The Kier molecular flexibility index (Phi) is 7.09. The Morgan fingerprint density at radius 2 is 2.02 bits per heavy atom. The number of carboxylic acid groups (broad SMARTS) is 1. The molecule has 0 amide bonds. The number of piperazine rings is 1. The molecule has 0 saturated carbocycles. The highest BCUT2D eigenvalue weighted by Gasteiger charge is 2.35. The molecule has 2 saturated heterocycles. The molecule has 1 N–H and O–H groups in total. The summed E-state index contributed by atoms with van der Waals surface area (Å²) in [5.41, 5.74) is 2.23. The van der Waals surface area contributed by atoms with Gasteiger partial charge < -0.3 is 28.8 Å². The summed E-state index contributed by atoms with van der Waals surface area (Å²) in [4.78, 5) is 25.8. The third-order valence-corrected chi connectivity index (χ3v) is 8.33. The van der Waals surface area contributed by atoms with E-state index in [-0.39, 0.29) is 24.3 Å². The van der Waals surface area contributed by atoms with Crippen molar-refractivity contribution in [2.45, 2.75) is 38.3 Å². The molecule has 12 heteroatoms. The number of rotatable bonds is 8. The number of aromatic carboxylic acids is 1. The number of aromatic nitrogens is 3. The average molecular weight is 594 g/mol. The molecule has 3 aliphatic heterocycles. The minimum atomic E-state index is -0.959. The fraction of sp³-hybridized carbons (Fsp3) is 0.367. The van der Waals surface area contributed by atoms with E-state index in [0.717, 1.165) is 55.3 Å². The number of benzene rings is 2. The number of anilines is 1. The predicted molar refractivity (Wildman–Crippen MR) is 153 cm³/mol. The topological polar surface area (TPSA) is 102 Å². The number of pyridine rings is 1. The monoisotopic (exact) mass is 593 g/mol. The first-order chi connectivity index (χ1) is 20.4. The summed E-state index contributed by atoms with van der Waals surface area (Å²) in [6, 6.07) is 13.2. The van der Waals surface area contributed by atoms with Crippen LogP contribution in [0.5, 0.6) is 11.6 Å². The maximum Gasteiger partial charge on any atom is 0.335 e. The van der Waals surface area contributed by atoms with Gasteiger partial charge in [0.05, 0.1) is 41.8 Å². The van der Waals surface area contributed by atoms with Crippen molar-refractivity contribution < 1.29 is 28.5 Å². The maximum atomic E-state index is 14.2. The number of halogens is 2. The number of fused-ring (bicyclic) bond motifs is 4. The molecule has 5 heterocycles. The van der Waals surface area contributed by atoms with Crippen molar-refractivity contribution in [1.29, 1.82) is 0 Å². The largest absolute Gasteiger partial charge is 0.488 e. The van der Waals surface area contributed by atoms with Crippen molar-refractivity contribution in [2.24, 2.45) is 0 Å². The van der Waals surface area contributed by atoms with Crippen molar-refractivity contribution in [2.75, 3.05) is 37.7 Å². The lowest BCUT2D eigenvalue weighted by Crippen LogP contribution is -2.57. The van der Waals surface area contributed by atoms with Crippen LogP contribution < -0.4 is 14.4 Å². The van der Waals surface area contributed by atoms with Gasteiger partial charge in [-0.05, 0) is 42.8 Å². The van der Waals surface area contributed by atoms with Crippen molar-refractivity contribution in [1.82, 2.24) is 19.4 Å². The molecule has 7 rings (SSSR count). The zero-order valence-electron chi connectivity index (χ0n) is 22.7. The predicted octanol–water partition coefficient (Wildman–Crippen LogP) is 4.37. The standard InChI is InChI=1S/C30H29ClFN5O5/c31-20-3-1-19(23(32)12-20)16-42-28-6-5-26-29(34-28)36-9-8-35(13-21(36)17-41-26)15-27-33-24-4-2-18(30(38)39)11-25(24)37(27)14-22-7-10-40-22/h1-6,11-12,21-22H,7-10,13-17H2,(H,38,39)/t21-,22+/m1/s1. The van der Waals surface area contributed by atoms with Gasteiger partial charge >= 0.3 is 5.97 Å². The number of carboxylic acids is 1. The Labute approximate surface area is 246 Å². The van der Waals surface area contributed by atoms with Crippen molar-refractivity contribution in [3.63, 3.8) is 0 Å². The highest BCUT2D eigenvalue weighted by molar-refractivity contribution is 6.30. The summed E-state index contributed by atoms with van der Waals surface area (Å²) in [6.07, 6.45) is 1.08. The van der Waals surface area contributed by atoms with E-state index in [0.29, 0.717) is 41.9 Å². The molecular formula is C30H29ClFN5O5. The maximum absolute atomic E-state index is 14.2. The van der Waals surface area contributed by atoms with Crippen LogP contribution >= 0.6 is 11.6 Å². The van der Waals surface area contributed by atoms with Crippen LogP contribution in [0.4, 0.5) is 10.2 Å². The van der Waals surface area contributed by atoms with E-state index in [1.165, 1.54) is 6.07 Å². The molecule has 0 bridgehead atoms. The second-order valence-corrected chi connectivity index (χ2v) is 11.3. The van der Waals surface area contributed by atoms with Crippen LogP contribution in [0.25, 0.3) is 11.0 Å². The Bertz CT molecular complexity index is 1660.